The van der Waals surface area contributed by atoms with Gasteiger partial charge in [-0.25, -0.2) is 4.98 Å². The third kappa shape index (κ3) is 3.33. The van der Waals surface area contributed by atoms with Crippen molar-refractivity contribution in [3.63, 3.8) is 0 Å². The average molecular weight is 312 g/mol. The Labute approximate surface area is 128 Å². The Morgan fingerprint density at radius 2 is 2.19 bits per heavy atom. The number of carbonyl (C=O) groups is 1. The van der Waals surface area contributed by atoms with Crippen LogP contribution in [0.1, 0.15) is 5.82 Å². The van der Waals surface area contributed by atoms with E-state index in [0.29, 0.717) is 19.8 Å². The zero-order chi connectivity index (χ0) is 14.7. The Hall–Kier alpha value is -1.25. The number of nitrogens with zero attached hydrogens (tertiary/aromatic N) is 4. The predicted octanol–water partition coefficient (Wildman–Crippen LogP) is 0.0220. The number of methoxy groups -OCH3 is 1. The average Bonchev–Trinajstić information content (AvgIpc) is 2.93. The zero-order valence-electron chi connectivity index (χ0n) is 12.2. The molecule has 2 saturated heterocycles. The van der Waals surface area contributed by atoms with E-state index in [-0.39, 0.29) is 11.8 Å². The van der Waals surface area contributed by atoms with Gasteiger partial charge in [0.1, 0.15) is 5.82 Å². The summed E-state index contributed by atoms with van der Waals surface area (Å²) >= 11 is 1.40. The maximum absolute atomic E-state index is 12.3. The number of anilines is 1. The minimum Gasteiger partial charge on any atom is -0.384 e. The molecule has 0 saturated carbocycles. The van der Waals surface area contributed by atoms with Crippen LogP contribution in [0.2, 0.25) is 0 Å². The van der Waals surface area contributed by atoms with Gasteiger partial charge in [-0.2, -0.15) is 4.37 Å². The van der Waals surface area contributed by atoms with Crippen LogP contribution in [0.25, 0.3) is 0 Å². The van der Waals surface area contributed by atoms with Crippen LogP contribution in [0.15, 0.2) is 0 Å². The van der Waals surface area contributed by atoms with Crippen molar-refractivity contribution in [3.05, 3.63) is 5.82 Å². The van der Waals surface area contributed by atoms with Crippen LogP contribution in [0, 0.1) is 5.92 Å². The van der Waals surface area contributed by atoms with Crippen LogP contribution in [-0.2, 0) is 20.7 Å². The summed E-state index contributed by atoms with van der Waals surface area (Å²) < 4.78 is 14.6. The van der Waals surface area contributed by atoms with Crippen LogP contribution >= 0.6 is 11.5 Å². The second-order valence-electron chi connectivity index (χ2n) is 5.28. The Morgan fingerprint density at radius 1 is 1.43 bits per heavy atom. The standard InChI is InChI=1S/C13H20N4O3S/c1-19-5-2-11-14-13(21-15-11)17-8-10(9-17)12(18)16-3-6-20-7-4-16/h10H,2-9H2,1H3. The monoisotopic (exact) mass is 312 g/mol. The first kappa shape index (κ1) is 14.7. The van der Waals surface area contributed by atoms with Gasteiger partial charge in [-0.15, -0.1) is 0 Å². The van der Waals surface area contributed by atoms with E-state index >= 15 is 0 Å². The molecule has 0 aromatic carbocycles. The minimum atomic E-state index is 0.0921. The summed E-state index contributed by atoms with van der Waals surface area (Å²) in [5, 5.41) is 0.909. The van der Waals surface area contributed by atoms with Crippen molar-refractivity contribution in [1.29, 1.82) is 0 Å². The van der Waals surface area contributed by atoms with Crippen LogP contribution in [0.4, 0.5) is 5.13 Å². The molecular formula is C13H20N4O3S. The number of rotatable bonds is 5. The lowest BCUT2D eigenvalue weighted by Crippen LogP contribution is -2.56. The quantitative estimate of drug-likeness (QED) is 0.764. The molecule has 116 valence electrons. The summed E-state index contributed by atoms with van der Waals surface area (Å²) in [6, 6.07) is 0. The van der Waals surface area contributed by atoms with Crippen molar-refractivity contribution < 1.29 is 14.3 Å². The molecule has 21 heavy (non-hydrogen) atoms. The van der Waals surface area contributed by atoms with Gasteiger partial charge in [0.05, 0.1) is 25.7 Å². The highest BCUT2D eigenvalue weighted by Crippen LogP contribution is 2.27. The summed E-state index contributed by atoms with van der Waals surface area (Å²) in [5.41, 5.74) is 0. The van der Waals surface area contributed by atoms with E-state index in [1.807, 2.05) is 4.90 Å². The van der Waals surface area contributed by atoms with Gasteiger partial charge in [0, 0.05) is 51.2 Å². The second-order valence-corrected chi connectivity index (χ2v) is 6.01. The molecule has 0 radical (unpaired) electrons. The molecule has 1 aromatic rings. The molecule has 0 spiro atoms. The van der Waals surface area contributed by atoms with E-state index in [4.69, 9.17) is 9.47 Å². The molecule has 3 rings (SSSR count). The van der Waals surface area contributed by atoms with Crippen LogP contribution in [-0.4, -0.2) is 73.3 Å². The molecule has 0 bridgehead atoms. The smallest absolute Gasteiger partial charge is 0.229 e. The second kappa shape index (κ2) is 6.67. The predicted molar refractivity (Wildman–Crippen MR) is 78.6 cm³/mol. The van der Waals surface area contributed by atoms with Gasteiger partial charge < -0.3 is 19.3 Å². The summed E-state index contributed by atoms with van der Waals surface area (Å²) in [6.07, 6.45) is 0.733. The van der Waals surface area contributed by atoms with E-state index in [2.05, 4.69) is 14.3 Å². The maximum atomic E-state index is 12.3. The normalized spacial score (nSPS) is 19.7. The topological polar surface area (TPSA) is 67.8 Å². The molecule has 2 aliphatic heterocycles. The number of aromatic nitrogens is 2. The fourth-order valence-electron chi connectivity index (χ4n) is 2.50. The third-order valence-electron chi connectivity index (χ3n) is 3.81. The minimum absolute atomic E-state index is 0.0921. The molecule has 3 heterocycles. The molecule has 7 nitrogen and oxygen atoms in total. The molecule has 1 aromatic heterocycles. The van der Waals surface area contributed by atoms with Gasteiger partial charge >= 0.3 is 0 Å². The zero-order valence-corrected chi connectivity index (χ0v) is 13.0. The van der Waals surface area contributed by atoms with E-state index in [9.17, 15) is 4.79 Å². The van der Waals surface area contributed by atoms with Crippen molar-refractivity contribution in [2.75, 3.05) is 58.0 Å². The van der Waals surface area contributed by atoms with Crippen molar-refractivity contribution in [2.24, 2.45) is 5.92 Å². The molecule has 0 unspecified atom stereocenters. The Balaban J connectivity index is 1.48. The maximum Gasteiger partial charge on any atom is 0.229 e. The first-order valence-corrected chi connectivity index (χ1v) is 7.98. The van der Waals surface area contributed by atoms with E-state index < -0.39 is 0 Å². The van der Waals surface area contributed by atoms with Gasteiger partial charge in [-0.1, -0.05) is 0 Å². The number of hydrogen-bond donors (Lipinski definition) is 0. The van der Waals surface area contributed by atoms with Crippen molar-refractivity contribution in [3.8, 4) is 0 Å². The summed E-state index contributed by atoms with van der Waals surface area (Å²) in [4.78, 5) is 20.8. The summed E-state index contributed by atoms with van der Waals surface area (Å²) in [6.45, 7) is 4.87. The third-order valence-corrected chi connectivity index (χ3v) is 4.63. The first-order chi connectivity index (χ1) is 10.3. The van der Waals surface area contributed by atoms with Crippen LogP contribution < -0.4 is 4.90 Å². The van der Waals surface area contributed by atoms with Crippen LogP contribution in [0.5, 0.6) is 0 Å². The highest BCUT2D eigenvalue weighted by Gasteiger charge is 2.37. The fourth-order valence-corrected chi connectivity index (χ4v) is 3.23. The lowest BCUT2D eigenvalue weighted by atomic mass is 9.99. The van der Waals surface area contributed by atoms with Crippen LogP contribution in [0.3, 0.4) is 0 Å². The summed E-state index contributed by atoms with van der Waals surface area (Å²) in [5.74, 6) is 1.16. The number of carbonyl (C=O) groups excluding carboxylic acids is 1. The molecule has 1 amide bonds. The number of hydrogen-bond acceptors (Lipinski definition) is 7. The largest absolute Gasteiger partial charge is 0.384 e. The van der Waals surface area contributed by atoms with Gasteiger partial charge in [-0.05, 0) is 0 Å². The number of morpholine rings is 1. The molecule has 8 heteroatoms. The molecule has 0 N–H and O–H groups in total. The van der Waals surface area contributed by atoms with Gasteiger partial charge in [0.15, 0.2) is 0 Å². The number of ether oxygens (including phenoxy) is 2. The van der Waals surface area contributed by atoms with Gasteiger partial charge in [0.2, 0.25) is 11.0 Å². The van der Waals surface area contributed by atoms with E-state index in [0.717, 1.165) is 43.6 Å². The highest BCUT2D eigenvalue weighted by atomic mass is 32.1. The Morgan fingerprint density at radius 3 is 2.90 bits per heavy atom. The molecule has 0 atom stereocenters. The molecule has 2 fully saturated rings. The summed E-state index contributed by atoms with van der Waals surface area (Å²) in [7, 11) is 1.67. The van der Waals surface area contributed by atoms with Crippen molar-refractivity contribution >= 4 is 22.6 Å². The highest BCUT2D eigenvalue weighted by molar-refractivity contribution is 7.09. The fraction of sp³-hybridized carbons (Fsp3) is 0.769. The first-order valence-electron chi connectivity index (χ1n) is 7.21. The van der Waals surface area contributed by atoms with E-state index in [1.54, 1.807) is 7.11 Å². The molecule has 0 aliphatic carbocycles. The molecular weight excluding hydrogens is 292 g/mol. The Bertz CT molecular complexity index is 484. The van der Waals surface area contributed by atoms with E-state index in [1.165, 1.54) is 11.5 Å². The lowest BCUT2D eigenvalue weighted by molar-refractivity contribution is -0.140. The van der Waals surface area contributed by atoms with Crippen molar-refractivity contribution in [2.45, 2.75) is 6.42 Å². The number of amides is 1. The van der Waals surface area contributed by atoms with Gasteiger partial charge in [0.25, 0.3) is 0 Å². The van der Waals surface area contributed by atoms with Gasteiger partial charge in [-0.3, -0.25) is 4.79 Å². The lowest BCUT2D eigenvalue weighted by Gasteiger charge is -2.41. The Kier molecular flexibility index (Phi) is 4.67. The van der Waals surface area contributed by atoms with Crippen molar-refractivity contribution in [1.82, 2.24) is 14.3 Å². The molecule has 2 aliphatic rings. The SMILES string of the molecule is COCCc1nsc(N2CC(C(=O)N3CCOCC3)C2)n1.